The first kappa shape index (κ1) is 23.1. The molecule has 0 spiro atoms. The molecule has 0 aliphatic rings. The van der Waals surface area contributed by atoms with Crippen molar-refractivity contribution in [3.63, 3.8) is 0 Å². The first-order chi connectivity index (χ1) is 14.5. The summed E-state index contributed by atoms with van der Waals surface area (Å²) < 4.78 is 0. The predicted molar refractivity (Wildman–Crippen MR) is 119 cm³/mol. The number of carbonyl (C=O) groups excluding carboxylic acids is 2. The Balaban J connectivity index is 1.80. The molecule has 2 aromatic rings. The first-order valence-electron chi connectivity index (χ1n) is 10.5. The summed E-state index contributed by atoms with van der Waals surface area (Å²) in [6.45, 7) is 2.19. The van der Waals surface area contributed by atoms with Crippen molar-refractivity contribution in [2.75, 3.05) is 10.6 Å². The number of rotatable bonds is 12. The van der Waals surface area contributed by atoms with Gasteiger partial charge < -0.3 is 10.6 Å². The van der Waals surface area contributed by atoms with E-state index in [0.29, 0.717) is 17.7 Å². The molecule has 0 atom stereocenters. The highest BCUT2D eigenvalue weighted by molar-refractivity contribution is 6.05. The molecule has 0 heterocycles. The van der Waals surface area contributed by atoms with Crippen molar-refractivity contribution in [1.82, 2.24) is 0 Å². The van der Waals surface area contributed by atoms with Gasteiger partial charge in [0.05, 0.1) is 4.92 Å². The fourth-order valence-electron chi connectivity index (χ4n) is 3.10. The molecule has 2 amide bonds. The molecule has 0 aliphatic heterocycles. The van der Waals surface area contributed by atoms with E-state index in [1.54, 1.807) is 30.3 Å². The minimum atomic E-state index is -0.542. The summed E-state index contributed by atoms with van der Waals surface area (Å²) in [5, 5.41) is 16.4. The van der Waals surface area contributed by atoms with Gasteiger partial charge in [-0.25, -0.2) is 0 Å². The maximum absolute atomic E-state index is 12.4. The van der Waals surface area contributed by atoms with Gasteiger partial charge in [0.25, 0.3) is 11.6 Å². The van der Waals surface area contributed by atoms with Crippen molar-refractivity contribution >= 4 is 28.9 Å². The van der Waals surface area contributed by atoms with Crippen LogP contribution in [-0.2, 0) is 4.79 Å². The number of nitrogens with one attached hydrogen (secondary N) is 2. The number of unbranched alkanes of at least 4 members (excludes halogenated alkanes) is 6. The lowest BCUT2D eigenvalue weighted by Gasteiger charge is -2.08. The minimum Gasteiger partial charge on any atom is -0.326 e. The van der Waals surface area contributed by atoms with Crippen molar-refractivity contribution in [2.24, 2.45) is 0 Å². The number of benzene rings is 2. The average Bonchev–Trinajstić information content (AvgIpc) is 2.74. The fourth-order valence-corrected chi connectivity index (χ4v) is 3.10. The van der Waals surface area contributed by atoms with Crippen LogP contribution in [0, 0.1) is 10.1 Å². The highest BCUT2D eigenvalue weighted by atomic mass is 16.6. The van der Waals surface area contributed by atoms with Crippen molar-refractivity contribution in [2.45, 2.75) is 58.3 Å². The second kappa shape index (κ2) is 12.4. The van der Waals surface area contributed by atoms with E-state index in [1.165, 1.54) is 43.9 Å². The van der Waals surface area contributed by atoms with Gasteiger partial charge in [-0.2, -0.15) is 0 Å². The molecule has 160 valence electrons. The summed E-state index contributed by atoms with van der Waals surface area (Å²) in [4.78, 5) is 34.9. The zero-order valence-corrected chi connectivity index (χ0v) is 17.4. The van der Waals surface area contributed by atoms with Gasteiger partial charge in [-0.3, -0.25) is 19.7 Å². The largest absolute Gasteiger partial charge is 0.326 e. The van der Waals surface area contributed by atoms with E-state index in [2.05, 4.69) is 17.6 Å². The van der Waals surface area contributed by atoms with Gasteiger partial charge in [0.2, 0.25) is 5.91 Å². The van der Waals surface area contributed by atoms with E-state index in [1.807, 2.05) is 0 Å². The van der Waals surface area contributed by atoms with Gasteiger partial charge in [0.15, 0.2) is 0 Å². The molecule has 0 bridgehead atoms. The van der Waals surface area contributed by atoms with Gasteiger partial charge >= 0.3 is 0 Å². The zero-order chi connectivity index (χ0) is 21.8. The summed E-state index contributed by atoms with van der Waals surface area (Å²) in [5.41, 5.74) is 0.933. The molecule has 0 saturated carbocycles. The summed E-state index contributed by atoms with van der Waals surface area (Å²) >= 11 is 0. The highest BCUT2D eigenvalue weighted by Crippen LogP contribution is 2.24. The molecule has 2 rings (SSSR count). The monoisotopic (exact) mass is 411 g/mol. The van der Waals surface area contributed by atoms with Crippen LogP contribution >= 0.6 is 0 Å². The van der Waals surface area contributed by atoms with Gasteiger partial charge in [0.1, 0.15) is 5.69 Å². The molecule has 0 saturated heterocycles. The lowest BCUT2D eigenvalue weighted by atomic mass is 10.1. The first-order valence-corrected chi connectivity index (χ1v) is 10.5. The maximum atomic E-state index is 12.4. The van der Waals surface area contributed by atoms with Crippen LogP contribution in [-0.4, -0.2) is 16.7 Å². The van der Waals surface area contributed by atoms with Gasteiger partial charge in [-0.15, -0.1) is 0 Å². The van der Waals surface area contributed by atoms with Crippen molar-refractivity contribution in [3.8, 4) is 0 Å². The molecule has 0 aromatic heterocycles. The number of anilines is 2. The molecule has 30 heavy (non-hydrogen) atoms. The molecule has 0 radical (unpaired) electrons. The molecular formula is C23H29N3O4. The molecule has 2 aromatic carbocycles. The SMILES string of the molecule is CCCCCCCCCC(=O)Nc1ccc(C(=O)Nc2ccccc2[N+](=O)[O-])cc1. The fraction of sp³-hybridized carbons (Fsp3) is 0.391. The highest BCUT2D eigenvalue weighted by Gasteiger charge is 2.15. The van der Waals surface area contributed by atoms with Crippen molar-refractivity contribution in [3.05, 3.63) is 64.2 Å². The van der Waals surface area contributed by atoms with Crippen LogP contribution < -0.4 is 10.6 Å². The number of hydrogen-bond acceptors (Lipinski definition) is 4. The number of nitro benzene ring substituents is 1. The normalized spacial score (nSPS) is 10.4. The molecular weight excluding hydrogens is 382 g/mol. The molecule has 7 heteroatoms. The number of nitrogens with zero attached hydrogens (tertiary/aromatic N) is 1. The Bertz CT molecular complexity index is 850. The van der Waals surface area contributed by atoms with Crippen LogP contribution in [0.4, 0.5) is 17.1 Å². The van der Waals surface area contributed by atoms with Gasteiger partial charge in [0, 0.05) is 23.7 Å². The standard InChI is InChI=1S/C23H29N3O4/c1-2-3-4-5-6-7-8-13-22(27)24-19-16-14-18(15-17-19)23(28)25-20-11-9-10-12-21(20)26(29)30/h9-12,14-17H,2-8,13H2,1H3,(H,24,27)(H,25,28). The van der Waals surface area contributed by atoms with Crippen LogP contribution in [0.1, 0.15) is 68.6 Å². The van der Waals surface area contributed by atoms with Gasteiger partial charge in [-0.05, 0) is 36.8 Å². The Kier molecular flexibility index (Phi) is 9.51. The summed E-state index contributed by atoms with van der Waals surface area (Å²) in [6, 6.07) is 12.4. The van der Waals surface area contributed by atoms with Crippen molar-refractivity contribution in [1.29, 1.82) is 0 Å². The second-order valence-electron chi connectivity index (χ2n) is 7.23. The Morgan fingerprint density at radius 1 is 0.867 bits per heavy atom. The topological polar surface area (TPSA) is 101 Å². The number of amides is 2. The maximum Gasteiger partial charge on any atom is 0.292 e. The summed E-state index contributed by atoms with van der Waals surface area (Å²) in [5.74, 6) is -0.495. The van der Waals surface area contributed by atoms with E-state index < -0.39 is 10.8 Å². The number of hydrogen-bond donors (Lipinski definition) is 2. The number of nitro groups is 1. The van der Waals surface area contributed by atoms with Crippen molar-refractivity contribution < 1.29 is 14.5 Å². The third-order valence-electron chi connectivity index (χ3n) is 4.79. The summed E-state index contributed by atoms with van der Waals surface area (Å²) in [6.07, 6.45) is 8.57. The van der Waals surface area contributed by atoms with E-state index >= 15 is 0 Å². The van der Waals surface area contributed by atoms with E-state index in [-0.39, 0.29) is 17.3 Å². The van der Waals surface area contributed by atoms with Crippen LogP contribution in [0.2, 0.25) is 0 Å². The van der Waals surface area contributed by atoms with Crippen LogP contribution in [0.5, 0.6) is 0 Å². The van der Waals surface area contributed by atoms with Crippen LogP contribution in [0.25, 0.3) is 0 Å². The number of para-hydroxylation sites is 2. The Hall–Kier alpha value is -3.22. The molecule has 2 N–H and O–H groups in total. The Morgan fingerprint density at radius 3 is 2.17 bits per heavy atom. The molecule has 7 nitrogen and oxygen atoms in total. The van der Waals surface area contributed by atoms with Crippen LogP contribution in [0.15, 0.2) is 48.5 Å². The second-order valence-corrected chi connectivity index (χ2v) is 7.23. The molecule has 0 aliphatic carbocycles. The predicted octanol–water partition coefficient (Wildman–Crippen LogP) is 5.93. The third kappa shape index (κ3) is 7.66. The van der Waals surface area contributed by atoms with E-state index in [9.17, 15) is 19.7 Å². The zero-order valence-electron chi connectivity index (χ0n) is 17.4. The Labute approximate surface area is 177 Å². The van der Waals surface area contributed by atoms with Crippen LogP contribution in [0.3, 0.4) is 0 Å². The minimum absolute atomic E-state index is 0.0410. The lowest BCUT2D eigenvalue weighted by molar-refractivity contribution is -0.383. The molecule has 0 fully saturated rings. The number of carbonyl (C=O) groups is 2. The van der Waals surface area contributed by atoms with Gasteiger partial charge in [-0.1, -0.05) is 57.6 Å². The third-order valence-corrected chi connectivity index (χ3v) is 4.79. The van der Waals surface area contributed by atoms with E-state index in [4.69, 9.17) is 0 Å². The lowest BCUT2D eigenvalue weighted by Crippen LogP contribution is -2.14. The Morgan fingerprint density at radius 2 is 1.50 bits per heavy atom. The average molecular weight is 412 g/mol. The van der Waals surface area contributed by atoms with E-state index in [0.717, 1.165) is 19.3 Å². The molecule has 0 unspecified atom stereocenters. The smallest absolute Gasteiger partial charge is 0.292 e. The quantitative estimate of drug-likeness (QED) is 0.257. The summed E-state index contributed by atoms with van der Waals surface area (Å²) in [7, 11) is 0.